The number of hydrogen-bond donors (Lipinski definition) is 3. The molecule has 0 bridgehead atoms. The van der Waals surface area contributed by atoms with Crippen LogP contribution < -0.4 is 10.8 Å². The smallest absolute Gasteiger partial charge is 0.245 e. The van der Waals surface area contributed by atoms with Gasteiger partial charge in [-0.1, -0.05) is 26.0 Å². The molecular weight excluding hydrogens is 310 g/mol. The van der Waals surface area contributed by atoms with Crippen LogP contribution in [-0.2, 0) is 14.4 Å². The normalized spacial score (nSPS) is 17.1. The first-order valence-corrected chi connectivity index (χ1v) is 8.54. The number of hydrogen-bond acceptors (Lipinski definition) is 4. The average Bonchev–Trinajstić information content (AvgIpc) is 3.09. The van der Waals surface area contributed by atoms with Crippen LogP contribution in [-0.4, -0.2) is 47.0 Å². The van der Waals surface area contributed by atoms with Crippen molar-refractivity contribution >= 4 is 17.7 Å². The second-order valence-electron chi connectivity index (χ2n) is 6.50. The number of likely N-dealkylation sites (tertiary alicyclic amines) is 1. The number of rotatable bonds is 8. The fraction of sp³-hybridized carbons (Fsp3) is 0.706. The van der Waals surface area contributed by atoms with E-state index in [2.05, 4.69) is 5.32 Å². The van der Waals surface area contributed by atoms with E-state index in [0.29, 0.717) is 6.42 Å². The van der Waals surface area contributed by atoms with E-state index in [0.717, 1.165) is 25.9 Å². The number of nitrogens with zero attached hydrogens (tertiary/aromatic N) is 1. The largest absolute Gasteiger partial charge is 0.344 e. The molecule has 0 spiro atoms. The quantitative estimate of drug-likeness (QED) is 0.352. The first-order chi connectivity index (χ1) is 11.4. The minimum absolute atomic E-state index is 0.0453. The topological polar surface area (TPSA) is 98.7 Å². The van der Waals surface area contributed by atoms with E-state index in [1.807, 2.05) is 20.8 Å². The zero-order chi connectivity index (χ0) is 18.1. The van der Waals surface area contributed by atoms with E-state index >= 15 is 0 Å². The van der Waals surface area contributed by atoms with Crippen LogP contribution in [0.4, 0.5) is 0 Å². The van der Waals surface area contributed by atoms with Crippen molar-refractivity contribution in [2.45, 2.75) is 52.5 Å². The standard InChI is InChI=1S/C17H29N3O4/c1-4-5-8-13(11-14(21)19-24)16(22)18-15(12(2)3)17(23)20-9-6-7-10-20/h4-5,12-13,15,24H,6-11H2,1-3H3,(H,18,22)(H,19,21)/b5-4+/t13-,15+/m1/s1. The van der Waals surface area contributed by atoms with Gasteiger partial charge in [0.1, 0.15) is 6.04 Å². The van der Waals surface area contributed by atoms with Crippen LogP contribution in [0.3, 0.4) is 0 Å². The van der Waals surface area contributed by atoms with Crippen molar-refractivity contribution in [3.8, 4) is 0 Å². The lowest BCUT2D eigenvalue weighted by atomic mass is 9.97. The highest BCUT2D eigenvalue weighted by Crippen LogP contribution is 2.16. The maximum Gasteiger partial charge on any atom is 0.245 e. The number of nitrogens with one attached hydrogen (secondary N) is 2. The highest BCUT2D eigenvalue weighted by molar-refractivity contribution is 5.90. The van der Waals surface area contributed by atoms with Gasteiger partial charge in [0.05, 0.1) is 5.92 Å². The van der Waals surface area contributed by atoms with Gasteiger partial charge in [-0.05, 0) is 32.1 Å². The molecule has 7 heteroatoms. The molecule has 1 rings (SSSR count). The second-order valence-corrected chi connectivity index (χ2v) is 6.50. The molecule has 3 N–H and O–H groups in total. The number of carbonyl (C=O) groups excluding carboxylic acids is 3. The maximum atomic E-state index is 12.6. The second kappa shape index (κ2) is 10.1. The van der Waals surface area contributed by atoms with Gasteiger partial charge in [-0.15, -0.1) is 0 Å². The molecule has 24 heavy (non-hydrogen) atoms. The van der Waals surface area contributed by atoms with E-state index in [1.165, 1.54) is 0 Å². The molecule has 0 aromatic heterocycles. The summed E-state index contributed by atoms with van der Waals surface area (Å²) in [5, 5.41) is 11.5. The van der Waals surface area contributed by atoms with Crippen LogP contribution >= 0.6 is 0 Å². The lowest BCUT2D eigenvalue weighted by Gasteiger charge is -2.28. The molecular formula is C17H29N3O4. The molecule has 1 fully saturated rings. The fourth-order valence-electron chi connectivity index (χ4n) is 2.77. The lowest BCUT2D eigenvalue weighted by Crippen LogP contribution is -2.52. The SMILES string of the molecule is C/C=C/C[C@H](CC(=O)NO)C(=O)N[C@H](C(=O)N1CCCC1)C(C)C. The molecule has 136 valence electrons. The molecule has 0 unspecified atom stereocenters. The van der Waals surface area contributed by atoms with Crippen molar-refractivity contribution in [2.75, 3.05) is 13.1 Å². The zero-order valence-electron chi connectivity index (χ0n) is 14.7. The molecule has 0 radical (unpaired) electrons. The van der Waals surface area contributed by atoms with Crippen LogP contribution in [0.15, 0.2) is 12.2 Å². The van der Waals surface area contributed by atoms with E-state index in [9.17, 15) is 14.4 Å². The van der Waals surface area contributed by atoms with Crippen molar-refractivity contribution in [3.05, 3.63) is 12.2 Å². The Kier molecular flexibility index (Phi) is 8.46. The summed E-state index contributed by atoms with van der Waals surface area (Å²) < 4.78 is 0. The highest BCUT2D eigenvalue weighted by atomic mass is 16.5. The number of amides is 3. The molecule has 0 aromatic carbocycles. The van der Waals surface area contributed by atoms with Gasteiger partial charge in [0.2, 0.25) is 17.7 Å². The van der Waals surface area contributed by atoms with Gasteiger partial charge < -0.3 is 10.2 Å². The molecule has 3 amide bonds. The maximum absolute atomic E-state index is 12.6. The molecule has 1 saturated heterocycles. The van der Waals surface area contributed by atoms with Crippen LogP contribution in [0.5, 0.6) is 0 Å². The molecule has 0 saturated carbocycles. The third kappa shape index (κ3) is 5.96. The zero-order valence-corrected chi connectivity index (χ0v) is 14.7. The molecule has 7 nitrogen and oxygen atoms in total. The van der Waals surface area contributed by atoms with Crippen LogP contribution in [0, 0.1) is 11.8 Å². The summed E-state index contributed by atoms with van der Waals surface area (Å²) in [5.74, 6) is -1.70. The van der Waals surface area contributed by atoms with Gasteiger partial charge in [0.25, 0.3) is 0 Å². The van der Waals surface area contributed by atoms with Gasteiger partial charge in [-0.25, -0.2) is 5.48 Å². The first kappa shape index (κ1) is 20.2. The van der Waals surface area contributed by atoms with Crippen LogP contribution in [0.1, 0.15) is 46.5 Å². The van der Waals surface area contributed by atoms with Crippen molar-refractivity contribution in [3.63, 3.8) is 0 Å². The van der Waals surface area contributed by atoms with Gasteiger partial charge in [0, 0.05) is 19.5 Å². The predicted octanol–water partition coefficient (Wildman–Crippen LogP) is 1.23. The summed E-state index contributed by atoms with van der Waals surface area (Å²) >= 11 is 0. The molecule has 1 heterocycles. The third-order valence-electron chi connectivity index (χ3n) is 4.23. The van der Waals surface area contributed by atoms with Crippen molar-refractivity contribution in [1.82, 2.24) is 15.7 Å². The Morgan fingerprint density at radius 1 is 1.21 bits per heavy atom. The molecule has 0 aliphatic carbocycles. The summed E-state index contributed by atoms with van der Waals surface area (Å²) in [6.45, 7) is 7.06. The minimum Gasteiger partial charge on any atom is -0.344 e. The summed E-state index contributed by atoms with van der Waals surface area (Å²) in [7, 11) is 0. The van der Waals surface area contributed by atoms with Crippen molar-refractivity contribution < 1.29 is 19.6 Å². The molecule has 1 aliphatic rings. The Hall–Kier alpha value is -1.89. The Bertz CT molecular complexity index is 470. The van der Waals surface area contributed by atoms with E-state index in [-0.39, 0.29) is 24.2 Å². The first-order valence-electron chi connectivity index (χ1n) is 8.54. The van der Waals surface area contributed by atoms with Crippen LogP contribution in [0.25, 0.3) is 0 Å². The number of carbonyl (C=O) groups is 3. The fourth-order valence-corrected chi connectivity index (χ4v) is 2.77. The van der Waals surface area contributed by atoms with E-state index in [4.69, 9.17) is 5.21 Å². The summed E-state index contributed by atoms with van der Waals surface area (Å²) in [4.78, 5) is 38.4. The number of allylic oxidation sites excluding steroid dienone is 2. The Morgan fingerprint density at radius 2 is 1.83 bits per heavy atom. The Balaban J connectivity index is 2.78. The summed E-state index contributed by atoms with van der Waals surface area (Å²) in [6, 6.07) is -0.596. The average molecular weight is 339 g/mol. The van der Waals surface area contributed by atoms with Crippen molar-refractivity contribution in [2.24, 2.45) is 11.8 Å². The van der Waals surface area contributed by atoms with Gasteiger partial charge in [-0.2, -0.15) is 0 Å². The summed E-state index contributed by atoms with van der Waals surface area (Å²) in [5.41, 5.74) is 1.55. The summed E-state index contributed by atoms with van der Waals surface area (Å²) in [6.07, 6.45) is 5.82. The minimum atomic E-state index is -0.624. The number of hydroxylamine groups is 1. The predicted molar refractivity (Wildman–Crippen MR) is 90.0 cm³/mol. The lowest BCUT2D eigenvalue weighted by molar-refractivity contribution is -0.139. The third-order valence-corrected chi connectivity index (χ3v) is 4.23. The van der Waals surface area contributed by atoms with Gasteiger partial charge in [-0.3, -0.25) is 19.6 Å². The van der Waals surface area contributed by atoms with E-state index < -0.39 is 17.9 Å². The molecule has 2 atom stereocenters. The van der Waals surface area contributed by atoms with Crippen LogP contribution in [0.2, 0.25) is 0 Å². The molecule has 0 aromatic rings. The Labute approximate surface area is 143 Å². The highest BCUT2D eigenvalue weighted by Gasteiger charge is 2.32. The van der Waals surface area contributed by atoms with Gasteiger partial charge >= 0.3 is 0 Å². The Morgan fingerprint density at radius 3 is 2.33 bits per heavy atom. The molecule has 1 aliphatic heterocycles. The van der Waals surface area contributed by atoms with Gasteiger partial charge in [0.15, 0.2) is 0 Å². The van der Waals surface area contributed by atoms with E-state index in [1.54, 1.807) is 22.5 Å². The van der Waals surface area contributed by atoms with Crippen molar-refractivity contribution in [1.29, 1.82) is 0 Å². The monoisotopic (exact) mass is 339 g/mol.